The zero-order valence-corrected chi connectivity index (χ0v) is 13.1. The van der Waals surface area contributed by atoms with Gasteiger partial charge >= 0.3 is 0 Å². The van der Waals surface area contributed by atoms with Gasteiger partial charge in [0.1, 0.15) is 17.1 Å². The second kappa shape index (κ2) is 6.54. The van der Waals surface area contributed by atoms with Crippen LogP contribution in [0.5, 0.6) is 0 Å². The highest BCUT2D eigenvalue weighted by atomic mass is 15.2. The molecule has 0 N–H and O–H groups in total. The molecule has 0 amide bonds. The molecule has 0 radical (unpaired) electrons. The van der Waals surface area contributed by atoms with E-state index >= 15 is 0 Å². The van der Waals surface area contributed by atoms with Crippen molar-refractivity contribution in [1.29, 1.82) is 0 Å². The largest absolute Gasteiger partial charge is 0.253 e. The first kappa shape index (κ1) is 14.5. The van der Waals surface area contributed by atoms with Crippen molar-refractivity contribution in [3.05, 3.63) is 78.6 Å². The van der Waals surface area contributed by atoms with E-state index in [0.717, 1.165) is 35.5 Å². The third kappa shape index (κ3) is 2.86. The van der Waals surface area contributed by atoms with Crippen molar-refractivity contribution in [2.45, 2.75) is 12.8 Å². The number of allylic oxidation sites excluding steroid dienone is 4. The zero-order valence-electron chi connectivity index (χ0n) is 13.1. The van der Waals surface area contributed by atoms with E-state index in [4.69, 9.17) is 4.98 Å². The Morgan fingerprint density at radius 2 is 1.71 bits per heavy atom. The lowest BCUT2D eigenvalue weighted by Crippen LogP contribution is -2.04. The molecule has 4 heteroatoms. The molecule has 0 spiro atoms. The molecule has 0 atom stereocenters. The Hall–Kier alpha value is -3.14. The van der Waals surface area contributed by atoms with Crippen LogP contribution in [-0.4, -0.2) is 20.2 Å². The van der Waals surface area contributed by atoms with Crippen LogP contribution in [0.2, 0.25) is 0 Å². The molecule has 2 aromatic heterocycles. The van der Waals surface area contributed by atoms with Gasteiger partial charge < -0.3 is 0 Å². The Kier molecular flexibility index (Phi) is 3.94. The van der Waals surface area contributed by atoms with E-state index in [2.05, 4.69) is 45.5 Å². The predicted molar refractivity (Wildman–Crippen MR) is 94.8 cm³/mol. The van der Waals surface area contributed by atoms with Crippen molar-refractivity contribution in [2.75, 3.05) is 0 Å². The molecule has 3 aromatic rings. The first-order valence-corrected chi connectivity index (χ1v) is 7.99. The van der Waals surface area contributed by atoms with Crippen molar-refractivity contribution in [3.63, 3.8) is 0 Å². The summed E-state index contributed by atoms with van der Waals surface area (Å²) in [6.07, 6.45) is 10.0. The summed E-state index contributed by atoms with van der Waals surface area (Å²) in [5, 5.41) is 8.82. The lowest BCUT2D eigenvalue weighted by Gasteiger charge is -2.13. The van der Waals surface area contributed by atoms with Crippen molar-refractivity contribution in [1.82, 2.24) is 20.2 Å². The van der Waals surface area contributed by atoms with Crippen molar-refractivity contribution < 1.29 is 0 Å². The van der Waals surface area contributed by atoms with Crippen LogP contribution in [0.15, 0.2) is 73.0 Å². The maximum atomic E-state index is 4.79. The van der Waals surface area contributed by atoms with E-state index in [-0.39, 0.29) is 0 Å². The molecule has 1 aromatic carbocycles. The Bertz CT molecular complexity index is 899. The van der Waals surface area contributed by atoms with Gasteiger partial charge in [0, 0.05) is 11.8 Å². The van der Waals surface area contributed by atoms with E-state index in [9.17, 15) is 0 Å². The minimum absolute atomic E-state index is 0.546. The maximum absolute atomic E-state index is 4.79. The summed E-state index contributed by atoms with van der Waals surface area (Å²) in [4.78, 5) is 9.12. The standard InChI is InChI=1S/C20H16N4/c1-3-9-15(10-4-1)18-19(16-11-5-2-6-12-16)23-24-20(22-18)17-13-7-8-14-21-17/h1-5,7-11,13-14H,6,12H2. The van der Waals surface area contributed by atoms with E-state index in [1.165, 1.54) is 5.57 Å². The lowest BCUT2D eigenvalue weighted by molar-refractivity contribution is 0.936. The highest BCUT2D eigenvalue weighted by molar-refractivity contribution is 5.78. The van der Waals surface area contributed by atoms with Gasteiger partial charge in [0.05, 0.1) is 0 Å². The van der Waals surface area contributed by atoms with Gasteiger partial charge in [-0.1, -0.05) is 54.6 Å². The minimum atomic E-state index is 0.546. The quantitative estimate of drug-likeness (QED) is 0.722. The normalized spacial score (nSPS) is 13.6. The van der Waals surface area contributed by atoms with Gasteiger partial charge in [0.2, 0.25) is 5.82 Å². The Balaban J connectivity index is 1.88. The van der Waals surface area contributed by atoms with Crippen LogP contribution in [-0.2, 0) is 0 Å². The second-order valence-corrected chi connectivity index (χ2v) is 5.57. The van der Waals surface area contributed by atoms with Crippen LogP contribution in [0.3, 0.4) is 0 Å². The number of aromatic nitrogens is 4. The van der Waals surface area contributed by atoms with Crippen LogP contribution < -0.4 is 0 Å². The molecule has 0 aliphatic heterocycles. The number of benzene rings is 1. The SMILES string of the molecule is C1=CCCC(c2nnc(-c3ccccn3)nc2-c2ccccc2)=C1. The molecule has 2 heterocycles. The highest BCUT2D eigenvalue weighted by Crippen LogP contribution is 2.30. The van der Waals surface area contributed by atoms with Crippen molar-refractivity contribution in [2.24, 2.45) is 0 Å². The first-order chi connectivity index (χ1) is 11.9. The summed E-state index contributed by atoms with van der Waals surface area (Å²) in [6, 6.07) is 15.8. The zero-order chi connectivity index (χ0) is 16.2. The van der Waals surface area contributed by atoms with Gasteiger partial charge in [-0.05, 0) is 30.5 Å². The lowest BCUT2D eigenvalue weighted by atomic mass is 9.98. The maximum Gasteiger partial charge on any atom is 0.201 e. The molecule has 1 aliphatic rings. The molecule has 0 saturated carbocycles. The average Bonchev–Trinajstić information content (AvgIpc) is 2.69. The number of pyridine rings is 1. The fourth-order valence-corrected chi connectivity index (χ4v) is 2.74. The Morgan fingerprint density at radius 1 is 0.833 bits per heavy atom. The number of rotatable bonds is 3. The molecule has 4 rings (SSSR count). The number of hydrogen-bond acceptors (Lipinski definition) is 4. The van der Waals surface area contributed by atoms with Crippen LogP contribution in [0.1, 0.15) is 18.5 Å². The van der Waals surface area contributed by atoms with E-state index in [0.29, 0.717) is 5.82 Å². The minimum Gasteiger partial charge on any atom is -0.253 e. The smallest absolute Gasteiger partial charge is 0.201 e. The Morgan fingerprint density at radius 3 is 2.46 bits per heavy atom. The summed E-state index contributed by atoms with van der Waals surface area (Å²) in [7, 11) is 0. The van der Waals surface area contributed by atoms with E-state index in [1.807, 2.05) is 36.4 Å². The summed E-state index contributed by atoms with van der Waals surface area (Å²) >= 11 is 0. The third-order valence-corrected chi connectivity index (χ3v) is 3.95. The van der Waals surface area contributed by atoms with Crippen molar-refractivity contribution in [3.8, 4) is 22.8 Å². The molecule has 0 bridgehead atoms. The Labute approximate surface area is 140 Å². The van der Waals surface area contributed by atoms with Crippen LogP contribution in [0.4, 0.5) is 0 Å². The molecule has 0 saturated heterocycles. The van der Waals surface area contributed by atoms with Crippen LogP contribution in [0.25, 0.3) is 28.3 Å². The van der Waals surface area contributed by atoms with Gasteiger partial charge in [-0.25, -0.2) is 4.98 Å². The van der Waals surface area contributed by atoms with Gasteiger partial charge in [0.25, 0.3) is 0 Å². The number of nitrogens with zero attached hydrogens (tertiary/aromatic N) is 4. The summed E-state index contributed by atoms with van der Waals surface area (Å²) in [5.74, 6) is 0.546. The molecule has 0 unspecified atom stereocenters. The fourth-order valence-electron chi connectivity index (χ4n) is 2.74. The second-order valence-electron chi connectivity index (χ2n) is 5.57. The summed E-state index contributed by atoms with van der Waals surface area (Å²) < 4.78 is 0. The van der Waals surface area contributed by atoms with Gasteiger partial charge in [0.15, 0.2) is 0 Å². The number of hydrogen-bond donors (Lipinski definition) is 0. The molecular formula is C20H16N4. The fraction of sp³-hybridized carbons (Fsp3) is 0.100. The molecule has 4 nitrogen and oxygen atoms in total. The van der Waals surface area contributed by atoms with Gasteiger partial charge in [-0.15, -0.1) is 10.2 Å². The van der Waals surface area contributed by atoms with E-state index in [1.54, 1.807) is 6.20 Å². The molecule has 1 aliphatic carbocycles. The average molecular weight is 312 g/mol. The molecule has 0 fully saturated rings. The summed E-state index contributed by atoms with van der Waals surface area (Å²) in [6.45, 7) is 0. The topological polar surface area (TPSA) is 51.6 Å². The molecular weight excluding hydrogens is 296 g/mol. The van der Waals surface area contributed by atoms with Crippen molar-refractivity contribution >= 4 is 5.57 Å². The third-order valence-electron chi connectivity index (χ3n) is 3.95. The monoisotopic (exact) mass is 312 g/mol. The van der Waals surface area contributed by atoms with Gasteiger partial charge in [-0.3, -0.25) is 4.98 Å². The predicted octanol–water partition coefficient (Wildman–Crippen LogP) is 4.33. The van der Waals surface area contributed by atoms with E-state index < -0.39 is 0 Å². The van der Waals surface area contributed by atoms with Crippen LogP contribution >= 0.6 is 0 Å². The highest BCUT2D eigenvalue weighted by Gasteiger charge is 2.16. The first-order valence-electron chi connectivity index (χ1n) is 7.99. The summed E-state index contributed by atoms with van der Waals surface area (Å²) in [5.41, 5.74) is 4.64. The van der Waals surface area contributed by atoms with Gasteiger partial charge in [-0.2, -0.15) is 0 Å². The molecule has 24 heavy (non-hydrogen) atoms. The van der Waals surface area contributed by atoms with Crippen LogP contribution in [0, 0.1) is 0 Å². The molecule has 116 valence electrons.